The maximum absolute atomic E-state index is 12.9. The van der Waals surface area contributed by atoms with E-state index in [1.165, 1.54) is 0 Å². The maximum atomic E-state index is 12.9. The Labute approximate surface area is 179 Å². The minimum atomic E-state index is -0.595. The van der Waals surface area contributed by atoms with Crippen molar-refractivity contribution >= 4 is 22.8 Å². The minimum absolute atomic E-state index is 0.297. The third-order valence-corrected chi connectivity index (χ3v) is 4.94. The molecule has 0 radical (unpaired) electrons. The lowest BCUT2D eigenvalue weighted by molar-refractivity contribution is 0.0476. The van der Waals surface area contributed by atoms with Gasteiger partial charge in [0, 0.05) is 17.7 Å². The van der Waals surface area contributed by atoms with Crippen molar-refractivity contribution in [1.82, 2.24) is 14.8 Å². The zero-order valence-electron chi connectivity index (χ0n) is 17.2. The number of hydrogen-bond acceptors (Lipinski definition) is 6. The molecular weight excluding hydrogens is 394 g/mol. The molecule has 4 rings (SSSR count). The van der Waals surface area contributed by atoms with Crippen LogP contribution < -0.4 is 4.74 Å². The number of esters is 1. The number of nitrogens with zero attached hydrogens (tertiary/aromatic N) is 3. The summed E-state index contributed by atoms with van der Waals surface area (Å²) in [5, 5.41) is 4.90. The molecule has 0 amide bonds. The average Bonchev–Trinajstić information content (AvgIpc) is 3.25. The zero-order valence-corrected chi connectivity index (χ0v) is 17.2. The Hall–Kier alpha value is -4.00. The summed E-state index contributed by atoms with van der Waals surface area (Å²) in [7, 11) is 1.55. The number of pyridine rings is 1. The molecule has 0 atom stereocenters. The van der Waals surface area contributed by atoms with E-state index in [0.29, 0.717) is 40.1 Å². The zero-order chi connectivity index (χ0) is 21.8. The fourth-order valence-corrected chi connectivity index (χ4v) is 3.27. The molecule has 4 aromatic rings. The monoisotopic (exact) mass is 415 g/mol. The second-order valence-electron chi connectivity index (χ2n) is 6.85. The first-order chi connectivity index (χ1) is 15.1. The van der Waals surface area contributed by atoms with Crippen molar-refractivity contribution in [3.8, 4) is 17.0 Å². The first-order valence-corrected chi connectivity index (χ1v) is 9.87. The van der Waals surface area contributed by atoms with Gasteiger partial charge in [-0.2, -0.15) is 5.10 Å². The number of aryl methyl sites for hydroxylation is 1. The van der Waals surface area contributed by atoms with Crippen LogP contribution >= 0.6 is 0 Å². The van der Waals surface area contributed by atoms with Crippen LogP contribution in [0.2, 0.25) is 0 Å². The average molecular weight is 415 g/mol. The van der Waals surface area contributed by atoms with Crippen LogP contribution in [0.3, 0.4) is 0 Å². The second kappa shape index (κ2) is 8.79. The molecule has 7 heteroatoms. The van der Waals surface area contributed by atoms with Crippen LogP contribution in [0.4, 0.5) is 0 Å². The molecule has 0 N–H and O–H groups in total. The van der Waals surface area contributed by atoms with Gasteiger partial charge in [-0.3, -0.25) is 4.79 Å². The van der Waals surface area contributed by atoms with E-state index in [0.717, 1.165) is 5.56 Å². The predicted molar refractivity (Wildman–Crippen MR) is 116 cm³/mol. The molecule has 2 aromatic carbocycles. The van der Waals surface area contributed by atoms with Crippen LogP contribution in [0.5, 0.6) is 5.75 Å². The number of ether oxygens (including phenoxy) is 2. The number of ketones is 1. The summed E-state index contributed by atoms with van der Waals surface area (Å²) in [6.45, 7) is 2.20. The van der Waals surface area contributed by atoms with Gasteiger partial charge in [0.05, 0.1) is 30.0 Å². The van der Waals surface area contributed by atoms with Crippen molar-refractivity contribution in [2.75, 3.05) is 13.7 Å². The number of aromatic nitrogens is 3. The van der Waals surface area contributed by atoms with Gasteiger partial charge >= 0.3 is 5.97 Å². The number of carbonyl (C=O) groups excluding carboxylic acids is 2. The van der Waals surface area contributed by atoms with Gasteiger partial charge in [0.25, 0.3) is 0 Å². The topological polar surface area (TPSA) is 83.3 Å². The molecule has 0 unspecified atom stereocenters. The molecule has 0 bridgehead atoms. The Balaban J connectivity index is 1.62. The summed E-state index contributed by atoms with van der Waals surface area (Å²) in [5.74, 6) is -0.245. The van der Waals surface area contributed by atoms with Gasteiger partial charge < -0.3 is 9.47 Å². The van der Waals surface area contributed by atoms with Crippen LogP contribution in [0.1, 0.15) is 27.6 Å². The third-order valence-electron chi connectivity index (χ3n) is 4.94. The quantitative estimate of drug-likeness (QED) is 0.333. The molecule has 0 saturated heterocycles. The van der Waals surface area contributed by atoms with Gasteiger partial charge in [0.1, 0.15) is 5.75 Å². The van der Waals surface area contributed by atoms with Gasteiger partial charge in [-0.15, -0.1) is 0 Å². The Morgan fingerprint density at radius 2 is 1.77 bits per heavy atom. The van der Waals surface area contributed by atoms with Crippen molar-refractivity contribution < 1.29 is 19.1 Å². The smallest absolute Gasteiger partial charge is 0.339 e. The van der Waals surface area contributed by atoms with Gasteiger partial charge in [-0.25, -0.2) is 14.5 Å². The summed E-state index contributed by atoms with van der Waals surface area (Å²) in [5.41, 5.74) is 2.87. The summed E-state index contributed by atoms with van der Waals surface area (Å²) >= 11 is 0. The van der Waals surface area contributed by atoms with Crippen LogP contribution in [-0.4, -0.2) is 40.2 Å². The van der Waals surface area contributed by atoms with E-state index >= 15 is 0 Å². The maximum Gasteiger partial charge on any atom is 0.339 e. The highest BCUT2D eigenvalue weighted by atomic mass is 16.5. The highest BCUT2D eigenvalue weighted by molar-refractivity contribution is 6.05. The second-order valence-corrected chi connectivity index (χ2v) is 6.85. The van der Waals surface area contributed by atoms with Gasteiger partial charge in [0.2, 0.25) is 0 Å². The van der Waals surface area contributed by atoms with E-state index in [1.807, 2.05) is 37.3 Å². The van der Waals surface area contributed by atoms with Crippen molar-refractivity contribution in [2.24, 2.45) is 0 Å². The number of methoxy groups -OCH3 is 1. The predicted octanol–water partition coefficient (Wildman–Crippen LogP) is 4.17. The number of benzene rings is 2. The number of carbonyl (C=O) groups is 2. The van der Waals surface area contributed by atoms with E-state index in [2.05, 4.69) is 5.10 Å². The van der Waals surface area contributed by atoms with Crippen molar-refractivity contribution in [3.05, 3.63) is 78.0 Å². The highest BCUT2D eigenvalue weighted by Crippen LogP contribution is 2.25. The van der Waals surface area contributed by atoms with E-state index in [4.69, 9.17) is 14.5 Å². The molecule has 7 nitrogen and oxygen atoms in total. The summed E-state index contributed by atoms with van der Waals surface area (Å²) in [6.07, 6.45) is 1.60. The molecule has 0 aliphatic heterocycles. The van der Waals surface area contributed by atoms with Crippen LogP contribution in [0.15, 0.2) is 66.9 Å². The lowest BCUT2D eigenvalue weighted by Crippen LogP contribution is -2.15. The Morgan fingerprint density at radius 1 is 1.03 bits per heavy atom. The van der Waals surface area contributed by atoms with Crippen LogP contribution in [0, 0.1) is 0 Å². The lowest BCUT2D eigenvalue weighted by atomic mass is 10.1. The summed E-state index contributed by atoms with van der Waals surface area (Å²) < 4.78 is 12.2. The van der Waals surface area contributed by atoms with Crippen molar-refractivity contribution in [1.29, 1.82) is 0 Å². The lowest BCUT2D eigenvalue weighted by Gasteiger charge is -2.09. The Morgan fingerprint density at radius 3 is 2.45 bits per heavy atom. The van der Waals surface area contributed by atoms with Crippen LogP contribution in [0.25, 0.3) is 22.3 Å². The molecule has 156 valence electrons. The summed E-state index contributed by atoms with van der Waals surface area (Å²) in [4.78, 5) is 30.0. The number of fused-ring (bicyclic) bond motifs is 1. The standard InChI is InChI=1S/C24H21N3O4/c1-3-27-23-20(14-25-27)19(13-21(26-23)16-7-5-4-6-8-16)24(29)31-15-22(28)17-9-11-18(30-2)12-10-17/h4-14H,3,15H2,1-2H3. The fraction of sp³-hybridized carbons (Fsp3) is 0.167. The molecule has 2 aromatic heterocycles. The molecule has 0 aliphatic rings. The molecule has 2 heterocycles. The van der Waals surface area contributed by atoms with Crippen LogP contribution in [-0.2, 0) is 11.3 Å². The van der Waals surface area contributed by atoms with Gasteiger partial charge in [0.15, 0.2) is 18.0 Å². The van der Waals surface area contributed by atoms with E-state index < -0.39 is 5.97 Å². The molecule has 0 spiro atoms. The van der Waals surface area contributed by atoms with Crippen molar-refractivity contribution in [2.45, 2.75) is 13.5 Å². The third kappa shape index (κ3) is 4.16. The van der Waals surface area contributed by atoms with Crippen molar-refractivity contribution in [3.63, 3.8) is 0 Å². The largest absolute Gasteiger partial charge is 0.497 e. The minimum Gasteiger partial charge on any atom is -0.497 e. The van der Waals surface area contributed by atoms with Gasteiger partial charge in [-0.1, -0.05) is 30.3 Å². The fourth-order valence-electron chi connectivity index (χ4n) is 3.27. The van der Waals surface area contributed by atoms with E-state index in [1.54, 1.807) is 48.3 Å². The Kier molecular flexibility index (Phi) is 5.75. The highest BCUT2D eigenvalue weighted by Gasteiger charge is 2.19. The number of hydrogen-bond donors (Lipinski definition) is 0. The number of Topliss-reactive ketones (excluding diaryl/α,β-unsaturated/α-hetero) is 1. The molecule has 0 fully saturated rings. The molecule has 0 saturated carbocycles. The summed E-state index contributed by atoms with van der Waals surface area (Å²) in [6, 6.07) is 17.9. The van der Waals surface area contributed by atoms with Gasteiger partial charge in [-0.05, 0) is 37.3 Å². The molecular formula is C24H21N3O4. The molecule has 31 heavy (non-hydrogen) atoms. The first-order valence-electron chi connectivity index (χ1n) is 9.87. The normalized spacial score (nSPS) is 10.8. The Bertz CT molecular complexity index is 1230. The SMILES string of the molecule is CCn1ncc2c(C(=O)OCC(=O)c3ccc(OC)cc3)cc(-c3ccccc3)nc21. The number of rotatable bonds is 7. The molecule has 0 aliphatic carbocycles. The van der Waals surface area contributed by atoms with E-state index in [-0.39, 0.29) is 12.4 Å². The first kappa shape index (κ1) is 20.3. The van der Waals surface area contributed by atoms with E-state index in [9.17, 15) is 9.59 Å².